The van der Waals surface area contributed by atoms with E-state index in [9.17, 15) is 14.4 Å². The Kier molecular flexibility index (Phi) is 7.10. The lowest BCUT2D eigenvalue weighted by Crippen LogP contribution is -2.17. The first-order chi connectivity index (χ1) is 17.3. The molecule has 2 heterocycles. The minimum atomic E-state index is -0.620. The largest absolute Gasteiger partial charge is 0.462 e. The topological polar surface area (TPSA) is 95.7 Å². The van der Waals surface area contributed by atoms with Gasteiger partial charge in [-0.25, -0.2) is 9.59 Å². The number of hydrogen-bond acceptors (Lipinski definition) is 7. The van der Waals surface area contributed by atoms with Crippen LogP contribution in [0.4, 0.5) is 0 Å². The summed E-state index contributed by atoms with van der Waals surface area (Å²) in [6.07, 6.45) is 1.47. The predicted molar refractivity (Wildman–Crippen MR) is 137 cm³/mol. The number of hydrogen-bond donors (Lipinski definition) is 0. The first kappa shape index (κ1) is 24.6. The fourth-order valence-electron chi connectivity index (χ4n) is 4.10. The van der Waals surface area contributed by atoms with Crippen LogP contribution in [-0.4, -0.2) is 30.1 Å². The van der Waals surface area contributed by atoms with Crippen molar-refractivity contribution in [1.82, 2.24) is 4.98 Å². The highest BCUT2D eigenvalue weighted by Crippen LogP contribution is 2.34. The lowest BCUT2D eigenvalue weighted by Gasteiger charge is -2.18. The number of para-hydroxylation sites is 1. The number of esters is 2. The zero-order chi connectivity index (χ0) is 25.8. The summed E-state index contributed by atoms with van der Waals surface area (Å²) in [5, 5.41) is 0.502. The van der Waals surface area contributed by atoms with E-state index < -0.39 is 11.9 Å². The average Bonchev–Trinajstić information content (AvgIpc) is 2.87. The molecule has 2 aromatic carbocycles. The summed E-state index contributed by atoms with van der Waals surface area (Å²) in [5.41, 5.74) is 3.20. The second-order valence-corrected chi connectivity index (χ2v) is 8.06. The van der Waals surface area contributed by atoms with E-state index in [0.29, 0.717) is 44.8 Å². The Hall–Kier alpha value is -4.52. The molecule has 0 N–H and O–H groups in total. The number of rotatable bonds is 7. The third-order valence-electron chi connectivity index (χ3n) is 5.67. The van der Waals surface area contributed by atoms with Gasteiger partial charge in [-0.15, -0.1) is 0 Å². The summed E-state index contributed by atoms with van der Waals surface area (Å²) in [7, 11) is 0. The van der Waals surface area contributed by atoms with Gasteiger partial charge in [0.1, 0.15) is 18.0 Å². The van der Waals surface area contributed by atoms with E-state index in [0.717, 1.165) is 0 Å². The molecule has 0 atom stereocenters. The lowest BCUT2D eigenvalue weighted by molar-refractivity contribution is 0.0526. The molecule has 2 aromatic heterocycles. The van der Waals surface area contributed by atoms with Crippen molar-refractivity contribution in [2.24, 2.45) is 0 Å². The Labute approximate surface area is 208 Å². The van der Waals surface area contributed by atoms with Crippen LogP contribution in [0.5, 0.6) is 0 Å². The molecule has 36 heavy (non-hydrogen) atoms. The summed E-state index contributed by atoms with van der Waals surface area (Å²) in [6.45, 7) is 8.85. The van der Waals surface area contributed by atoms with Gasteiger partial charge in [-0.1, -0.05) is 49.1 Å². The number of nitrogens with zero attached hydrogens (tertiary/aromatic N) is 1. The molecule has 7 heteroatoms. The van der Waals surface area contributed by atoms with Crippen LogP contribution in [0.25, 0.3) is 33.4 Å². The Bertz CT molecular complexity index is 1530. The minimum Gasteiger partial charge on any atom is -0.462 e. The van der Waals surface area contributed by atoms with Gasteiger partial charge in [-0.2, -0.15) is 0 Å². The smallest absolute Gasteiger partial charge is 0.340 e. The van der Waals surface area contributed by atoms with Crippen molar-refractivity contribution in [2.75, 3.05) is 13.2 Å². The molecule has 0 unspecified atom stereocenters. The molecule has 0 aliphatic carbocycles. The van der Waals surface area contributed by atoms with Gasteiger partial charge in [0, 0.05) is 17.2 Å². The van der Waals surface area contributed by atoms with E-state index in [4.69, 9.17) is 13.9 Å². The molecule has 4 rings (SSSR count). The molecular weight excluding hydrogens is 458 g/mol. The average molecular weight is 484 g/mol. The van der Waals surface area contributed by atoms with Crippen molar-refractivity contribution < 1.29 is 23.5 Å². The van der Waals surface area contributed by atoms with Crippen molar-refractivity contribution >= 4 is 22.9 Å². The molecule has 7 nitrogen and oxygen atoms in total. The van der Waals surface area contributed by atoms with E-state index in [2.05, 4.69) is 11.6 Å². The van der Waals surface area contributed by atoms with Gasteiger partial charge in [0.15, 0.2) is 5.43 Å². The summed E-state index contributed by atoms with van der Waals surface area (Å²) >= 11 is 0. The van der Waals surface area contributed by atoms with E-state index in [1.807, 2.05) is 0 Å². The quantitative estimate of drug-likeness (QED) is 0.247. The molecule has 0 saturated heterocycles. The van der Waals surface area contributed by atoms with Crippen LogP contribution in [-0.2, 0) is 9.47 Å². The standard InChI is InChI=1S/C29H25NO6/c1-5-15-35-29(33)26-18(4)30-17(3)25(28(32)34-6-2)27(26)20-13-11-19(12-14-20)24-16-22(31)21-9-7-8-10-23(21)36-24/h5,7-14,16H,1,6,15H2,2-4H3. The maximum Gasteiger partial charge on any atom is 0.340 e. The van der Waals surface area contributed by atoms with Gasteiger partial charge < -0.3 is 13.9 Å². The summed E-state index contributed by atoms with van der Waals surface area (Å²) in [6, 6.07) is 15.5. The molecule has 182 valence electrons. The Morgan fingerprint density at radius 3 is 2.19 bits per heavy atom. The van der Waals surface area contributed by atoms with Crippen LogP contribution >= 0.6 is 0 Å². The fourth-order valence-corrected chi connectivity index (χ4v) is 4.10. The number of aromatic nitrogens is 1. The van der Waals surface area contributed by atoms with E-state index in [1.165, 1.54) is 12.1 Å². The van der Waals surface area contributed by atoms with Crippen molar-refractivity contribution in [3.8, 4) is 22.5 Å². The van der Waals surface area contributed by atoms with E-state index in [1.54, 1.807) is 69.3 Å². The minimum absolute atomic E-state index is 0.0142. The normalized spacial score (nSPS) is 10.8. The molecule has 0 radical (unpaired) electrons. The first-order valence-corrected chi connectivity index (χ1v) is 11.5. The van der Waals surface area contributed by atoms with Gasteiger partial charge in [0.05, 0.1) is 34.5 Å². The second-order valence-electron chi connectivity index (χ2n) is 8.06. The van der Waals surface area contributed by atoms with Crippen molar-refractivity contribution in [3.63, 3.8) is 0 Å². The highest BCUT2D eigenvalue weighted by atomic mass is 16.5. The second kappa shape index (κ2) is 10.4. The van der Waals surface area contributed by atoms with Gasteiger partial charge in [0.25, 0.3) is 0 Å². The van der Waals surface area contributed by atoms with Gasteiger partial charge in [-0.05, 0) is 38.5 Å². The number of aryl methyl sites for hydroxylation is 2. The summed E-state index contributed by atoms with van der Waals surface area (Å²) in [5.74, 6) is -0.798. The number of benzene rings is 2. The monoisotopic (exact) mass is 483 g/mol. The SMILES string of the molecule is C=CCOC(=O)c1c(C)nc(C)c(C(=O)OCC)c1-c1ccc(-c2cc(=O)c3ccccc3o2)cc1. The zero-order valence-electron chi connectivity index (χ0n) is 20.3. The molecular formula is C29H25NO6. The Morgan fingerprint density at radius 2 is 1.56 bits per heavy atom. The van der Waals surface area contributed by atoms with Crippen molar-refractivity contribution in [3.05, 3.63) is 100.0 Å². The molecule has 0 aliphatic heterocycles. The summed E-state index contributed by atoms with van der Waals surface area (Å²) in [4.78, 5) is 42.9. The molecule has 0 aliphatic rings. The molecule has 4 aromatic rings. The molecule has 0 spiro atoms. The highest BCUT2D eigenvalue weighted by molar-refractivity contribution is 6.07. The molecule has 0 amide bonds. The van der Waals surface area contributed by atoms with Crippen LogP contribution in [0.1, 0.15) is 39.0 Å². The predicted octanol–water partition coefficient (Wildman–Crippen LogP) is 5.66. The number of carbonyl (C=O) groups is 2. The molecule has 0 fully saturated rings. The lowest BCUT2D eigenvalue weighted by atomic mass is 9.91. The fraction of sp³-hybridized carbons (Fsp3) is 0.172. The van der Waals surface area contributed by atoms with Crippen LogP contribution < -0.4 is 5.43 Å². The summed E-state index contributed by atoms with van der Waals surface area (Å²) < 4.78 is 16.5. The first-order valence-electron chi connectivity index (χ1n) is 11.5. The van der Waals surface area contributed by atoms with Crippen LogP contribution in [0.2, 0.25) is 0 Å². The maximum absolute atomic E-state index is 13.0. The van der Waals surface area contributed by atoms with Crippen LogP contribution in [0.15, 0.2) is 76.5 Å². The van der Waals surface area contributed by atoms with E-state index in [-0.39, 0.29) is 29.8 Å². The maximum atomic E-state index is 13.0. The highest BCUT2D eigenvalue weighted by Gasteiger charge is 2.27. The number of carbonyl (C=O) groups excluding carboxylic acids is 2. The third-order valence-corrected chi connectivity index (χ3v) is 5.67. The van der Waals surface area contributed by atoms with E-state index >= 15 is 0 Å². The number of pyridine rings is 1. The Balaban J connectivity index is 1.88. The van der Waals surface area contributed by atoms with Gasteiger partial charge in [0.2, 0.25) is 0 Å². The molecule has 0 saturated carbocycles. The van der Waals surface area contributed by atoms with Gasteiger partial charge in [-0.3, -0.25) is 9.78 Å². The Morgan fingerprint density at radius 1 is 0.944 bits per heavy atom. The van der Waals surface area contributed by atoms with Crippen molar-refractivity contribution in [2.45, 2.75) is 20.8 Å². The number of fused-ring (bicyclic) bond motifs is 1. The third kappa shape index (κ3) is 4.68. The number of ether oxygens (including phenoxy) is 2. The van der Waals surface area contributed by atoms with Gasteiger partial charge >= 0.3 is 11.9 Å². The van der Waals surface area contributed by atoms with Crippen LogP contribution in [0.3, 0.4) is 0 Å². The van der Waals surface area contributed by atoms with Crippen LogP contribution in [0, 0.1) is 13.8 Å². The molecule has 0 bridgehead atoms. The zero-order valence-corrected chi connectivity index (χ0v) is 20.3. The van der Waals surface area contributed by atoms with Crippen molar-refractivity contribution in [1.29, 1.82) is 0 Å².